The van der Waals surface area contributed by atoms with Gasteiger partial charge in [0.15, 0.2) is 0 Å². The maximum absolute atomic E-state index is 11.7. The number of carbonyl (C=O) groups excluding carboxylic acids is 1. The minimum Gasteiger partial charge on any atom is -0.353 e. The molecule has 0 bridgehead atoms. The van der Waals surface area contributed by atoms with Crippen molar-refractivity contribution in [1.82, 2.24) is 5.32 Å². The highest BCUT2D eigenvalue weighted by Crippen LogP contribution is 2.09. The van der Waals surface area contributed by atoms with E-state index in [0.717, 1.165) is 18.8 Å². The molecule has 3 heteroatoms. The first-order chi connectivity index (χ1) is 7.47. The van der Waals surface area contributed by atoms with Crippen LogP contribution in [-0.2, 0) is 4.79 Å². The van der Waals surface area contributed by atoms with Gasteiger partial charge in [-0.05, 0) is 32.2 Å². The van der Waals surface area contributed by atoms with Crippen LogP contribution in [-0.4, -0.2) is 18.5 Å². The van der Waals surface area contributed by atoms with Gasteiger partial charge < -0.3 is 11.1 Å². The van der Waals surface area contributed by atoms with Crippen molar-refractivity contribution >= 4 is 5.91 Å². The summed E-state index contributed by atoms with van der Waals surface area (Å²) in [5.41, 5.74) is 5.43. The topological polar surface area (TPSA) is 55.1 Å². The van der Waals surface area contributed by atoms with E-state index in [1.165, 1.54) is 12.8 Å². The van der Waals surface area contributed by atoms with Gasteiger partial charge in [0.2, 0.25) is 5.91 Å². The Balaban J connectivity index is 3.69. The minimum atomic E-state index is 0.0394. The van der Waals surface area contributed by atoms with Gasteiger partial charge in [0, 0.05) is 12.0 Å². The van der Waals surface area contributed by atoms with Crippen LogP contribution in [0.5, 0.6) is 0 Å². The summed E-state index contributed by atoms with van der Waals surface area (Å²) >= 11 is 0. The van der Waals surface area contributed by atoms with E-state index in [1.807, 2.05) is 6.92 Å². The molecular formula is C13H28N2O. The molecule has 2 atom stereocenters. The molecule has 0 aliphatic rings. The Bertz CT molecular complexity index is 192. The Morgan fingerprint density at radius 2 is 1.75 bits per heavy atom. The third kappa shape index (κ3) is 7.69. The molecular weight excluding hydrogens is 200 g/mol. The molecule has 0 spiro atoms. The third-order valence-electron chi connectivity index (χ3n) is 2.85. The highest BCUT2D eigenvalue weighted by atomic mass is 16.1. The van der Waals surface area contributed by atoms with Crippen LogP contribution < -0.4 is 11.1 Å². The lowest BCUT2D eigenvalue weighted by Crippen LogP contribution is -2.37. The van der Waals surface area contributed by atoms with Gasteiger partial charge in [-0.2, -0.15) is 0 Å². The van der Waals surface area contributed by atoms with Crippen molar-refractivity contribution in [2.45, 2.75) is 59.4 Å². The fourth-order valence-corrected chi connectivity index (χ4v) is 1.67. The second-order valence-corrected chi connectivity index (χ2v) is 5.21. The molecule has 96 valence electrons. The van der Waals surface area contributed by atoms with Crippen molar-refractivity contribution in [3.05, 3.63) is 0 Å². The molecule has 0 aromatic heterocycles. The molecule has 0 heterocycles. The second-order valence-electron chi connectivity index (χ2n) is 5.21. The predicted molar refractivity (Wildman–Crippen MR) is 69.1 cm³/mol. The van der Waals surface area contributed by atoms with E-state index >= 15 is 0 Å². The van der Waals surface area contributed by atoms with Crippen LogP contribution in [0.15, 0.2) is 0 Å². The van der Waals surface area contributed by atoms with E-state index in [4.69, 9.17) is 5.73 Å². The first kappa shape index (κ1) is 15.4. The number of amides is 1. The summed E-state index contributed by atoms with van der Waals surface area (Å²) < 4.78 is 0. The molecule has 16 heavy (non-hydrogen) atoms. The quantitative estimate of drug-likeness (QED) is 0.670. The summed E-state index contributed by atoms with van der Waals surface area (Å²) in [7, 11) is 0. The van der Waals surface area contributed by atoms with Crippen LogP contribution in [0, 0.1) is 11.8 Å². The number of hydrogen-bond donors (Lipinski definition) is 2. The monoisotopic (exact) mass is 228 g/mol. The molecule has 3 N–H and O–H groups in total. The van der Waals surface area contributed by atoms with Gasteiger partial charge in [0.25, 0.3) is 0 Å². The molecule has 0 aromatic rings. The molecule has 0 radical (unpaired) electrons. The average Bonchev–Trinajstić information content (AvgIpc) is 2.17. The minimum absolute atomic E-state index is 0.0394. The van der Waals surface area contributed by atoms with Gasteiger partial charge in [-0.25, -0.2) is 0 Å². The molecule has 0 aromatic carbocycles. The summed E-state index contributed by atoms with van der Waals surface area (Å²) in [4.78, 5) is 11.7. The SMILES string of the molecule is CC(C)CCCC(C)NC(=O)C(C)CCN. The summed E-state index contributed by atoms with van der Waals surface area (Å²) in [6, 6.07) is 0.284. The van der Waals surface area contributed by atoms with E-state index in [-0.39, 0.29) is 17.9 Å². The first-order valence-electron chi connectivity index (χ1n) is 6.47. The van der Waals surface area contributed by atoms with Crippen LogP contribution in [0.3, 0.4) is 0 Å². The van der Waals surface area contributed by atoms with E-state index < -0.39 is 0 Å². The number of carbonyl (C=O) groups is 1. The number of nitrogens with two attached hydrogens (primary N) is 1. The van der Waals surface area contributed by atoms with Crippen molar-refractivity contribution in [2.75, 3.05) is 6.54 Å². The molecule has 1 amide bonds. The maximum atomic E-state index is 11.7. The Hall–Kier alpha value is -0.570. The molecule has 0 saturated carbocycles. The smallest absolute Gasteiger partial charge is 0.223 e. The van der Waals surface area contributed by atoms with Crippen LogP contribution in [0.4, 0.5) is 0 Å². The molecule has 0 aliphatic heterocycles. The van der Waals surface area contributed by atoms with Crippen molar-refractivity contribution in [3.63, 3.8) is 0 Å². The van der Waals surface area contributed by atoms with Crippen LogP contribution >= 0.6 is 0 Å². The Morgan fingerprint density at radius 3 is 2.25 bits per heavy atom. The van der Waals surface area contributed by atoms with Gasteiger partial charge in [-0.1, -0.05) is 33.6 Å². The van der Waals surface area contributed by atoms with Crippen LogP contribution in [0.25, 0.3) is 0 Å². The number of nitrogens with one attached hydrogen (secondary N) is 1. The van der Waals surface area contributed by atoms with Crippen molar-refractivity contribution in [2.24, 2.45) is 17.6 Å². The summed E-state index contributed by atoms with van der Waals surface area (Å²) in [5.74, 6) is 0.930. The Kier molecular flexibility index (Phi) is 8.26. The zero-order valence-electron chi connectivity index (χ0n) is 11.3. The molecule has 0 fully saturated rings. The second kappa shape index (κ2) is 8.57. The van der Waals surface area contributed by atoms with E-state index in [1.54, 1.807) is 0 Å². The van der Waals surface area contributed by atoms with Crippen LogP contribution in [0.1, 0.15) is 53.4 Å². The van der Waals surface area contributed by atoms with Crippen molar-refractivity contribution < 1.29 is 4.79 Å². The van der Waals surface area contributed by atoms with E-state index in [2.05, 4.69) is 26.1 Å². The highest BCUT2D eigenvalue weighted by molar-refractivity contribution is 5.78. The normalized spacial score (nSPS) is 14.9. The molecule has 0 aliphatic carbocycles. The Labute approximate surface area is 100 Å². The maximum Gasteiger partial charge on any atom is 0.223 e. The molecule has 0 saturated heterocycles. The first-order valence-corrected chi connectivity index (χ1v) is 6.47. The third-order valence-corrected chi connectivity index (χ3v) is 2.85. The lowest BCUT2D eigenvalue weighted by atomic mass is 10.0. The summed E-state index contributed by atoms with van der Waals surface area (Å²) in [5, 5.41) is 3.04. The molecule has 0 rings (SSSR count). The zero-order valence-corrected chi connectivity index (χ0v) is 11.3. The number of hydrogen-bond acceptors (Lipinski definition) is 2. The van der Waals surface area contributed by atoms with Gasteiger partial charge in [-0.3, -0.25) is 4.79 Å². The van der Waals surface area contributed by atoms with Crippen molar-refractivity contribution in [1.29, 1.82) is 0 Å². The molecule has 2 unspecified atom stereocenters. The van der Waals surface area contributed by atoms with E-state index in [9.17, 15) is 4.79 Å². The largest absolute Gasteiger partial charge is 0.353 e. The Morgan fingerprint density at radius 1 is 1.12 bits per heavy atom. The summed E-state index contributed by atoms with van der Waals surface area (Å²) in [6.07, 6.45) is 4.26. The standard InChI is InChI=1S/C13H28N2O/c1-10(2)6-5-7-12(4)15-13(16)11(3)8-9-14/h10-12H,5-9,14H2,1-4H3,(H,15,16). The van der Waals surface area contributed by atoms with Crippen LogP contribution in [0.2, 0.25) is 0 Å². The summed E-state index contributed by atoms with van der Waals surface area (Å²) in [6.45, 7) is 9.05. The zero-order chi connectivity index (χ0) is 12.6. The van der Waals surface area contributed by atoms with Gasteiger partial charge in [0.1, 0.15) is 0 Å². The van der Waals surface area contributed by atoms with Gasteiger partial charge in [-0.15, -0.1) is 0 Å². The lowest BCUT2D eigenvalue weighted by molar-refractivity contribution is -0.125. The van der Waals surface area contributed by atoms with E-state index in [0.29, 0.717) is 6.54 Å². The fraction of sp³-hybridized carbons (Fsp3) is 0.923. The highest BCUT2D eigenvalue weighted by Gasteiger charge is 2.14. The van der Waals surface area contributed by atoms with Crippen molar-refractivity contribution in [3.8, 4) is 0 Å². The fourth-order valence-electron chi connectivity index (χ4n) is 1.67. The molecule has 3 nitrogen and oxygen atoms in total. The lowest BCUT2D eigenvalue weighted by Gasteiger charge is -2.17. The van der Waals surface area contributed by atoms with Gasteiger partial charge >= 0.3 is 0 Å². The number of rotatable bonds is 8. The average molecular weight is 228 g/mol. The predicted octanol–water partition coefficient (Wildman–Crippen LogP) is 2.30. The van der Waals surface area contributed by atoms with Gasteiger partial charge in [0.05, 0.1) is 0 Å².